The van der Waals surface area contributed by atoms with Crippen molar-refractivity contribution in [1.82, 2.24) is 0 Å². The summed E-state index contributed by atoms with van der Waals surface area (Å²) in [4.78, 5) is 0. The number of hydrogen-bond acceptors (Lipinski definition) is 1. The summed E-state index contributed by atoms with van der Waals surface area (Å²) >= 11 is 0. The highest BCUT2D eigenvalue weighted by atomic mass is 19.1. The molecule has 100 valence electrons. The van der Waals surface area contributed by atoms with Gasteiger partial charge in [0.1, 0.15) is 17.2 Å². The smallest absolute Gasteiger partial charge is 0.132 e. The quantitative estimate of drug-likeness (QED) is 0.892. The first-order valence-corrected chi connectivity index (χ1v) is 6.22. The van der Waals surface area contributed by atoms with E-state index in [9.17, 15) is 13.9 Å². The maximum Gasteiger partial charge on any atom is 0.132 e. The van der Waals surface area contributed by atoms with E-state index in [4.69, 9.17) is 0 Å². The van der Waals surface area contributed by atoms with Crippen LogP contribution in [0.15, 0.2) is 42.5 Å². The second kappa shape index (κ2) is 5.10. The Morgan fingerprint density at radius 3 is 2.21 bits per heavy atom. The predicted molar refractivity (Wildman–Crippen MR) is 70.9 cm³/mol. The van der Waals surface area contributed by atoms with Crippen LogP contribution in [0.5, 0.6) is 0 Å². The van der Waals surface area contributed by atoms with Crippen molar-refractivity contribution in [2.75, 3.05) is 0 Å². The largest absolute Gasteiger partial charge is 0.381 e. The summed E-state index contributed by atoms with van der Waals surface area (Å²) in [6, 6.07) is 10.5. The fraction of sp³-hybridized carbons (Fsp3) is 0.250. The van der Waals surface area contributed by atoms with Gasteiger partial charge in [-0.25, -0.2) is 8.78 Å². The third kappa shape index (κ3) is 2.66. The van der Waals surface area contributed by atoms with Gasteiger partial charge in [0.15, 0.2) is 0 Å². The van der Waals surface area contributed by atoms with Crippen LogP contribution in [0.2, 0.25) is 0 Å². The first-order chi connectivity index (χ1) is 8.95. The number of halogens is 2. The summed E-state index contributed by atoms with van der Waals surface area (Å²) in [5.41, 5.74) is 0.303. The molecular formula is C16H16F2O. The summed E-state index contributed by atoms with van der Waals surface area (Å²) in [6.45, 7) is 3.54. The topological polar surface area (TPSA) is 20.2 Å². The third-order valence-corrected chi connectivity index (χ3v) is 3.38. The lowest BCUT2D eigenvalue weighted by atomic mass is 9.87. The lowest BCUT2D eigenvalue weighted by Crippen LogP contribution is -2.24. The van der Waals surface area contributed by atoms with Crippen LogP contribution < -0.4 is 0 Å². The molecule has 2 aromatic rings. The van der Waals surface area contributed by atoms with Crippen molar-refractivity contribution in [3.05, 3.63) is 70.8 Å². The van der Waals surface area contributed by atoms with E-state index in [1.807, 2.05) is 19.1 Å². The van der Waals surface area contributed by atoms with Gasteiger partial charge in [-0.2, -0.15) is 0 Å². The summed E-state index contributed by atoms with van der Waals surface area (Å²) in [6.07, 6.45) is 0.896. The van der Waals surface area contributed by atoms with Crippen LogP contribution in [-0.4, -0.2) is 5.11 Å². The molecule has 0 heterocycles. The van der Waals surface area contributed by atoms with E-state index in [1.54, 1.807) is 12.1 Å². The fourth-order valence-corrected chi connectivity index (χ4v) is 2.10. The van der Waals surface area contributed by atoms with Crippen molar-refractivity contribution in [3.8, 4) is 0 Å². The summed E-state index contributed by atoms with van der Waals surface area (Å²) < 4.78 is 26.7. The molecule has 0 aromatic heterocycles. The van der Waals surface area contributed by atoms with E-state index in [1.165, 1.54) is 13.0 Å². The molecule has 2 aromatic carbocycles. The van der Waals surface area contributed by atoms with Crippen LogP contribution in [0.4, 0.5) is 8.78 Å². The van der Waals surface area contributed by atoms with Gasteiger partial charge in [-0.15, -0.1) is 0 Å². The first-order valence-electron chi connectivity index (χ1n) is 6.22. The highest BCUT2D eigenvalue weighted by molar-refractivity contribution is 5.37. The molecule has 0 bridgehead atoms. The zero-order valence-corrected chi connectivity index (χ0v) is 11.0. The van der Waals surface area contributed by atoms with Crippen LogP contribution in [0, 0.1) is 11.6 Å². The number of benzene rings is 2. The van der Waals surface area contributed by atoms with Gasteiger partial charge in [0.2, 0.25) is 0 Å². The Kier molecular flexibility index (Phi) is 3.67. The molecule has 0 amide bonds. The summed E-state index contributed by atoms with van der Waals surface area (Å²) in [5, 5.41) is 10.5. The van der Waals surface area contributed by atoms with E-state index in [2.05, 4.69) is 0 Å². The van der Waals surface area contributed by atoms with E-state index >= 15 is 0 Å². The SMILES string of the molecule is CCc1ccc(C(C)(O)c2ccc(F)cc2F)cc1. The van der Waals surface area contributed by atoms with Gasteiger partial charge in [0.05, 0.1) is 0 Å². The van der Waals surface area contributed by atoms with Crippen molar-refractivity contribution in [2.45, 2.75) is 25.9 Å². The zero-order chi connectivity index (χ0) is 14.0. The van der Waals surface area contributed by atoms with Crippen molar-refractivity contribution >= 4 is 0 Å². The molecule has 0 aliphatic heterocycles. The first kappa shape index (κ1) is 13.7. The molecule has 0 aliphatic rings. The lowest BCUT2D eigenvalue weighted by Gasteiger charge is -2.25. The van der Waals surface area contributed by atoms with Gasteiger partial charge < -0.3 is 5.11 Å². The molecule has 0 saturated heterocycles. The van der Waals surface area contributed by atoms with Crippen LogP contribution in [0.25, 0.3) is 0 Å². The minimum Gasteiger partial charge on any atom is -0.381 e. The van der Waals surface area contributed by atoms with Gasteiger partial charge in [0.25, 0.3) is 0 Å². The van der Waals surface area contributed by atoms with Gasteiger partial charge in [-0.3, -0.25) is 0 Å². The average Bonchev–Trinajstić information content (AvgIpc) is 2.38. The van der Waals surface area contributed by atoms with Crippen molar-refractivity contribution < 1.29 is 13.9 Å². The van der Waals surface area contributed by atoms with Crippen molar-refractivity contribution in [3.63, 3.8) is 0 Å². The van der Waals surface area contributed by atoms with Crippen LogP contribution in [0.3, 0.4) is 0 Å². The maximum absolute atomic E-state index is 13.8. The van der Waals surface area contributed by atoms with Crippen LogP contribution in [-0.2, 0) is 12.0 Å². The van der Waals surface area contributed by atoms with E-state index in [-0.39, 0.29) is 5.56 Å². The summed E-state index contributed by atoms with van der Waals surface area (Å²) in [7, 11) is 0. The molecule has 0 radical (unpaired) electrons. The molecule has 1 atom stereocenters. The van der Waals surface area contributed by atoms with Crippen LogP contribution in [0.1, 0.15) is 30.5 Å². The Labute approximate surface area is 111 Å². The second-order valence-corrected chi connectivity index (χ2v) is 4.75. The molecule has 1 nitrogen and oxygen atoms in total. The zero-order valence-electron chi connectivity index (χ0n) is 11.0. The fourth-order valence-electron chi connectivity index (χ4n) is 2.10. The molecular weight excluding hydrogens is 246 g/mol. The molecule has 19 heavy (non-hydrogen) atoms. The standard InChI is InChI=1S/C16H16F2O/c1-3-11-4-6-12(7-5-11)16(2,19)14-9-8-13(17)10-15(14)18/h4-10,19H,3H2,1-2H3. The average molecular weight is 262 g/mol. The number of rotatable bonds is 3. The van der Waals surface area contributed by atoms with E-state index in [0.717, 1.165) is 24.1 Å². The minimum atomic E-state index is -1.48. The molecule has 0 saturated carbocycles. The Hall–Kier alpha value is -1.74. The highest BCUT2D eigenvalue weighted by Crippen LogP contribution is 2.31. The molecule has 0 fully saturated rings. The Morgan fingerprint density at radius 1 is 1.05 bits per heavy atom. The van der Waals surface area contributed by atoms with Crippen molar-refractivity contribution in [1.29, 1.82) is 0 Å². The van der Waals surface area contributed by atoms with Gasteiger partial charge >= 0.3 is 0 Å². The van der Waals surface area contributed by atoms with E-state index in [0.29, 0.717) is 5.56 Å². The Morgan fingerprint density at radius 2 is 1.68 bits per heavy atom. The lowest BCUT2D eigenvalue weighted by molar-refractivity contribution is 0.0978. The van der Waals surface area contributed by atoms with E-state index < -0.39 is 17.2 Å². The van der Waals surface area contributed by atoms with Crippen LogP contribution >= 0.6 is 0 Å². The Balaban J connectivity index is 2.45. The highest BCUT2D eigenvalue weighted by Gasteiger charge is 2.28. The maximum atomic E-state index is 13.8. The molecule has 3 heteroatoms. The van der Waals surface area contributed by atoms with Crippen molar-refractivity contribution in [2.24, 2.45) is 0 Å². The molecule has 0 spiro atoms. The van der Waals surface area contributed by atoms with Gasteiger partial charge in [0, 0.05) is 11.6 Å². The number of hydrogen-bond donors (Lipinski definition) is 1. The molecule has 2 rings (SSSR count). The Bertz CT molecular complexity index is 574. The molecule has 1 N–H and O–H groups in total. The minimum absolute atomic E-state index is 0.0677. The number of aliphatic hydroxyl groups is 1. The van der Waals surface area contributed by atoms with Gasteiger partial charge in [-0.1, -0.05) is 31.2 Å². The second-order valence-electron chi connectivity index (χ2n) is 4.75. The molecule has 1 unspecified atom stereocenters. The normalized spacial score (nSPS) is 14.2. The monoisotopic (exact) mass is 262 g/mol. The van der Waals surface area contributed by atoms with Gasteiger partial charge in [-0.05, 0) is 36.6 Å². The predicted octanol–water partition coefficient (Wildman–Crippen LogP) is 3.78. The number of aryl methyl sites for hydroxylation is 1. The molecule has 0 aliphatic carbocycles. The summed E-state index contributed by atoms with van der Waals surface area (Å²) in [5.74, 6) is -1.40. The third-order valence-electron chi connectivity index (χ3n) is 3.38.